The monoisotopic (exact) mass is 639 g/mol. The molecule has 13 heteroatoms. The summed E-state index contributed by atoms with van der Waals surface area (Å²) in [6, 6.07) is 22.2. The van der Waals surface area contributed by atoms with Gasteiger partial charge in [0.2, 0.25) is 0 Å². The minimum absolute atomic E-state index is 0.160. The van der Waals surface area contributed by atoms with Crippen molar-refractivity contribution in [2.45, 2.75) is 41.9 Å². The van der Waals surface area contributed by atoms with Crippen LogP contribution in [0.5, 0.6) is 0 Å². The molecule has 0 radical (unpaired) electrons. The van der Waals surface area contributed by atoms with Crippen LogP contribution in [-0.4, -0.2) is 53.5 Å². The van der Waals surface area contributed by atoms with Gasteiger partial charge in [-0.3, -0.25) is 4.79 Å². The molecule has 10 nitrogen and oxygen atoms in total. The van der Waals surface area contributed by atoms with E-state index in [0.29, 0.717) is 35.8 Å². The average Bonchev–Trinajstić information content (AvgIpc) is 3.81. The number of thiophene rings is 1. The van der Waals surface area contributed by atoms with Gasteiger partial charge >= 0.3 is 6.03 Å². The lowest BCUT2D eigenvalue weighted by molar-refractivity contribution is -0.126. The number of aromatic nitrogens is 1. The van der Waals surface area contributed by atoms with Gasteiger partial charge in [0.1, 0.15) is 16.2 Å². The molecule has 1 saturated heterocycles. The minimum Gasteiger partial charge on any atom is -0.364 e. The van der Waals surface area contributed by atoms with Crippen LogP contribution in [0.15, 0.2) is 87.8 Å². The molecule has 0 aliphatic carbocycles. The van der Waals surface area contributed by atoms with E-state index in [9.17, 15) is 18.0 Å². The van der Waals surface area contributed by atoms with Gasteiger partial charge in [-0.1, -0.05) is 66.7 Å². The van der Waals surface area contributed by atoms with Gasteiger partial charge in [-0.05, 0) is 41.7 Å². The van der Waals surface area contributed by atoms with E-state index < -0.39 is 14.9 Å². The fourth-order valence-corrected chi connectivity index (χ4v) is 9.70. The number of nitrogens with one attached hydrogen (secondary N) is 3. The number of benzene rings is 2. The summed E-state index contributed by atoms with van der Waals surface area (Å²) < 4.78 is 33.8. The van der Waals surface area contributed by atoms with Crippen LogP contribution >= 0.6 is 23.1 Å². The molecule has 1 aliphatic heterocycles. The minimum atomic E-state index is -3.92. The van der Waals surface area contributed by atoms with Crippen molar-refractivity contribution < 1.29 is 22.5 Å². The molecule has 3 amide bonds. The van der Waals surface area contributed by atoms with E-state index in [4.69, 9.17) is 4.52 Å². The Morgan fingerprint density at radius 2 is 1.65 bits per heavy atom. The third-order valence-electron chi connectivity index (χ3n) is 7.16. The van der Waals surface area contributed by atoms with E-state index in [0.717, 1.165) is 34.4 Å². The summed E-state index contributed by atoms with van der Waals surface area (Å²) in [5.74, 6) is 0.177. The molecule has 1 atom stereocenters. The molecule has 2 aromatic heterocycles. The van der Waals surface area contributed by atoms with Crippen molar-refractivity contribution in [3.8, 4) is 10.6 Å². The molecule has 0 spiro atoms. The molecular weight excluding hydrogens is 607 g/mol. The first-order chi connectivity index (χ1) is 20.8. The molecule has 3 N–H and O–H groups in total. The molecule has 0 saturated carbocycles. The molecular formula is C30H33N5O5S3. The molecule has 0 bridgehead atoms. The van der Waals surface area contributed by atoms with Crippen molar-refractivity contribution in [2.75, 3.05) is 18.8 Å². The number of urea groups is 1. The zero-order valence-electron chi connectivity index (χ0n) is 23.6. The number of carbonyl (C=O) groups excluding carboxylic acids is 2. The van der Waals surface area contributed by atoms with Crippen LogP contribution in [0, 0.1) is 0 Å². The number of amides is 3. The van der Waals surface area contributed by atoms with Crippen LogP contribution in [0.4, 0.5) is 4.79 Å². The Bertz CT molecular complexity index is 1630. The van der Waals surface area contributed by atoms with E-state index >= 15 is 0 Å². The molecule has 1 fully saturated rings. The first-order valence-electron chi connectivity index (χ1n) is 13.9. The maximum Gasteiger partial charge on any atom is 0.315 e. The second-order valence-electron chi connectivity index (χ2n) is 9.91. The van der Waals surface area contributed by atoms with Crippen LogP contribution in [-0.2, 0) is 34.3 Å². The number of hydrogen-bond acceptors (Lipinski definition) is 8. The van der Waals surface area contributed by atoms with Crippen LogP contribution in [0.25, 0.3) is 10.6 Å². The molecule has 4 aromatic rings. The Morgan fingerprint density at radius 3 is 2.33 bits per heavy atom. The summed E-state index contributed by atoms with van der Waals surface area (Å²) in [6.07, 6.45) is 2.52. The van der Waals surface area contributed by atoms with Crippen LogP contribution < -0.4 is 16.0 Å². The molecule has 2 aromatic carbocycles. The second kappa shape index (κ2) is 13.8. The normalized spacial score (nSPS) is 17.0. The highest BCUT2D eigenvalue weighted by atomic mass is 32.2. The molecule has 226 valence electrons. The Morgan fingerprint density at radius 1 is 0.930 bits per heavy atom. The molecule has 5 rings (SSSR count). The molecule has 3 heterocycles. The van der Waals surface area contributed by atoms with Crippen LogP contribution in [0.1, 0.15) is 30.0 Å². The average molecular weight is 640 g/mol. The number of thioether (sulfide) groups is 1. The highest BCUT2D eigenvalue weighted by Gasteiger charge is 2.53. The molecule has 1 unspecified atom stereocenters. The summed E-state index contributed by atoms with van der Waals surface area (Å²) >= 11 is 2.45. The molecule has 1 aliphatic rings. The third kappa shape index (κ3) is 7.12. The summed E-state index contributed by atoms with van der Waals surface area (Å²) in [6.45, 7) is 3.23. The van der Waals surface area contributed by atoms with E-state index in [-0.39, 0.29) is 29.2 Å². The number of rotatable bonds is 12. The summed E-state index contributed by atoms with van der Waals surface area (Å²) in [4.78, 5) is 25.1. The SMILES string of the molecule is CCC1(C(=O)NCc2ccc(CNC(=O)NCCc3ccccc3)cc2)SCCN1S(=O)(=O)c1ccc(-c2ccon2)s1. The summed E-state index contributed by atoms with van der Waals surface area (Å²) in [5.41, 5.74) is 3.51. The van der Waals surface area contributed by atoms with Crippen molar-refractivity contribution in [1.29, 1.82) is 0 Å². The third-order valence-corrected chi connectivity index (χ3v) is 12.3. The van der Waals surface area contributed by atoms with Crippen molar-refractivity contribution >= 4 is 45.1 Å². The van der Waals surface area contributed by atoms with Crippen LogP contribution in [0.2, 0.25) is 0 Å². The van der Waals surface area contributed by atoms with Gasteiger partial charge in [-0.15, -0.1) is 23.1 Å². The maximum atomic E-state index is 13.7. The van der Waals surface area contributed by atoms with E-state index in [2.05, 4.69) is 21.1 Å². The summed E-state index contributed by atoms with van der Waals surface area (Å²) in [5, 5.41) is 12.6. The number of sulfonamides is 1. The number of nitrogens with zero attached hydrogens (tertiary/aromatic N) is 2. The van der Waals surface area contributed by atoms with Gasteiger partial charge in [0.15, 0.2) is 4.87 Å². The fourth-order valence-electron chi connectivity index (χ4n) is 4.83. The lowest BCUT2D eigenvalue weighted by atomic mass is 10.1. The Balaban J connectivity index is 1.14. The van der Waals surface area contributed by atoms with Gasteiger partial charge in [0.05, 0.1) is 4.88 Å². The van der Waals surface area contributed by atoms with Gasteiger partial charge in [-0.2, -0.15) is 4.31 Å². The zero-order valence-corrected chi connectivity index (χ0v) is 26.1. The Kier molecular flexibility index (Phi) is 9.86. The van der Waals surface area contributed by atoms with Gasteiger partial charge in [-0.25, -0.2) is 13.2 Å². The maximum absolute atomic E-state index is 13.7. The standard InChI is InChI=1S/C30H33N5O5S3/c1-2-30(35(17-19-41-30)43(38,39)27-13-12-26(42-27)25-15-18-40-34-25)28(36)32-20-23-8-10-24(11-9-23)21-33-29(37)31-16-14-22-6-4-3-5-7-22/h3-13,15,18H,2,14,16-17,19-21H2,1H3,(H,32,36)(H2,31,33,37). The van der Waals surface area contributed by atoms with Gasteiger partial charge in [0, 0.05) is 38.0 Å². The van der Waals surface area contributed by atoms with Crippen molar-refractivity contribution in [3.63, 3.8) is 0 Å². The topological polar surface area (TPSA) is 134 Å². The Hall–Kier alpha value is -3.65. The van der Waals surface area contributed by atoms with E-state index in [1.165, 1.54) is 22.3 Å². The largest absolute Gasteiger partial charge is 0.364 e. The molecule has 43 heavy (non-hydrogen) atoms. The second-order valence-corrected chi connectivity index (χ2v) is 14.5. The smallest absolute Gasteiger partial charge is 0.315 e. The number of hydrogen-bond donors (Lipinski definition) is 3. The van der Waals surface area contributed by atoms with E-state index in [1.54, 1.807) is 18.2 Å². The lowest BCUT2D eigenvalue weighted by Gasteiger charge is -2.34. The fraction of sp³-hybridized carbons (Fsp3) is 0.300. The van der Waals surface area contributed by atoms with E-state index in [1.807, 2.05) is 61.5 Å². The predicted molar refractivity (Wildman–Crippen MR) is 168 cm³/mol. The first-order valence-corrected chi connectivity index (χ1v) is 17.1. The highest BCUT2D eigenvalue weighted by Crippen LogP contribution is 2.44. The highest BCUT2D eigenvalue weighted by molar-refractivity contribution is 8.03. The summed E-state index contributed by atoms with van der Waals surface area (Å²) in [7, 11) is -3.92. The Labute approximate surface area is 259 Å². The van der Waals surface area contributed by atoms with Gasteiger partial charge in [0.25, 0.3) is 15.9 Å². The van der Waals surface area contributed by atoms with Crippen molar-refractivity contribution in [2.24, 2.45) is 0 Å². The van der Waals surface area contributed by atoms with Crippen molar-refractivity contribution in [1.82, 2.24) is 25.4 Å². The lowest BCUT2D eigenvalue weighted by Crippen LogP contribution is -2.55. The quantitative estimate of drug-likeness (QED) is 0.206. The van der Waals surface area contributed by atoms with Crippen LogP contribution in [0.3, 0.4) is 0 Å². The predicted octanol–water partition coefficient (Wildman–Crippen LogP) is 4.61. The van der Waals surface area contributed by atoms with Gasteiger partial charge < -0.3 is 20.5 Å². The number of carbonyl (C=O) groups is 2. The first kappa shape index (κ1) is 30.8. The zero-order chi connectivity index (χ0) is 30.3. The van der Waals surface area contributed by atoms with Crippen molar-refractivity contribution in [3.05, 3.63) is 95.7 Å².